The molecule has 1 atom stereocenters. The first-order valence-corrected chi connectivity index (χ1v) is 16.3. The van der Waals surface area contributed by atoms with E-state index in [4.69, 9.17) is 23.2 Å². The lowest BCUT2D eigenvalue weighted by molar-refractivity contribution is 0.0570. The molecule has 1 aromatic heterocycles. The number of halogens is 3. The topological polar surface area (TPSA) is 112 Å². The molecule has 0 amide bonds. The number of anilines is 3. The van der Waals surface area contributed by atoms with Gasteiger partial charge >= 0.3 is 0 Å². The molecular formula is C35H37Cl2FN8O. The number of hydrogen-bond acceptors (Lipinski definition) is 9. The number of hydrogen-bond donors (Lipinski definition) is 5. The third-order valence-corrected chi connectivity index (χ3v) is 9.38. The first-order valence-electron chi connectivity index (χ1n) is 15.5. The molecule has 3 aromatic carbocycles. The summed E-state index contributed by atoms with van der Waals surface area (Å²) in [5.74, 6) is -0.542. The first kappa shape index (κ1) is 32.8. The molecule has 0 bridgehead atoms. The maximum absolute atomic E-state index is 13.9. The summed E-state index contributed by atoms with van der Waals surface area (Å²) >= 11 is 12.9. The number of piperidine rings is 1. The fourth-order valence-corrected chi connectivity index (χ4v) is 6.68. The number of aliphatic hydroxyl groups excluding tert-OH is 1. The SMILES string of the molecule is CC(C)(C)N1CCC(N2C=C([C@@H](Nc3cc(Cl)c4ncc(C#N)c(Nc5ccc(F)c(Cl)c5)c4c3)c3ccccc3CO)NN2)CC1. The predicted molar refractivity (Wildman–Crippen MR) is 185 cm³/mol. The van der Waals surface area contributed by atoms with Gasteiger partial charge < -0.3 is 21.2 Å². The lowest BCUT2D eigenvalue weighted by Crippen LogP contribution is -2.52. The molecule has 0 radical (unpaired) electrons. The van der Waals surface area contributed by atoms with Crippen molar-refractivity contribution in [2.24, 2.45) is 0 Å². The molecule has 0 spiro atoms. The van der Waals surface area contributed by atoms with Gasteiger partial charge in [-0.2, -0.15) is 5.26 Å². The molecule has 1 saturated heterocycles. The molecule has 2 aliphatic rings. The van der Waals surface area contributed by atoms with Crippen LogP contribution in [0.25, 0.3) is 10.9 Å². The Bertz CT molecular complexity index is 1860. The molecule has 9 nitrogen and oxygen atoms in total. The van der Waals surface area contributed by atoms with Crippen molar-refractivity contribution in [2.45, 2.75) is 57.8 Å². The highest BCUT2D eigenvalue weighted by Crippen LogP contribution is 2.38. The van der Waals surface area contributed by atoms with E-state index in [-0.39, 0.29) is 22.7 Å². The number of likely N-dealkylation sites (tertiary alicyclic amines) is 1. The van der Waals surface area contributed by atoms with Crippen molar-refractivity contribution >= 4 is 51.2 Å². The van der Waals surface area contributed by atoms with Crippen LogP contribution in [0.4, 0.5) is 21.5 Å². The predicted octanol–water partition coefficient (Wildman–Crippen LogP) is 7.37. The lowest BCUT2D eigenvalue weighted by atomic mass is 9.97. The Balaban J connectivity index is 1.36. The van der Waals surface area contributed by atoms with Gasteiger partial charge in [0.2, 0.25) is 0 Å². The first-order chi connectivity index (χ1) is 22.5. The molecule has 244 valence electrons. The van der Waals surface area contributed by atoms with E-state index in [1.165, 1.54) is 18.3 Å². The van der Waals surface area contributed by atoms with Gasteiger partial charge in [0.1, 0.15) is 11.9 Å². The highest BCUT2D eigenvalue weighted by Gasteiger charge is 2.32. The number of benzene rings is 3. The van der Waals surface area contributed by atoms with E-state index in [0.717, 1.165) is 42.8 Å². The minimum atomic E-state index is -0.542. The van der Waals surface area contributed by atoms with E-state index in [2.05, 4.69) is 69.5 Å². The number of aliphatic hydroxyl groups is 1. The molecule has 6 rings (SSSR count). The summed E-state index contributed by atoms with van der Waals surface area (Å²) in [7, 11) is 0. The lowest BCUT2D eigenvalue weighted by Gasteiger charge is -2.42. The number of aromatic nitrogens is 1. The molecule has 0 aliphatic carbocycles. The van der Waals surface area contributed by atoms with Crippen LogP contribution in [0.15, 0.2) is 72.7 Å². The number of fused-ring (bicyclic) bond motifs is 1. The molecule has 0 unspecified atom stereocenters. The van der Waals surface area contributed by atoms with Crippen LogP contribution >= 0.6 is 23.2 Å². The van der Waals surface area contributed by atoms with Crippen LogP contribution in [0, 0.1) is 17.1 Å². The highest BCUT2D eigenvalue weighted by molar-refractivity contribution is 6.36. The average molecular weight is 676 g/mol. The fraction of sp³-hybridized carbons (Fsp3) is 0.314. The van der Waals surface area contributed by atoms with Crippen molar-refractivity contribution in [3.8, 4) is 6.07 Å². The van der Waals surface area contributed by atoms with Gasteiger partial charge in [0.15, 0.2) is 0 Å². The van der Waals surface area contributed by atoms with Crippen LogP contribution in [0.3, 0.4) is 0 Å². The van der Waals surface area contributed by atoms with Gasteiger partial charge in [-0.15, -0.1) is 5.53 Å². The summed E-state index contributed by atoms with van der Waals surface area (Å²) in [5.41, 5.74) is 11.8. The van der Waals surface area contributed by atoms with Crippen molar-refractivity contribution in [2.75, 3.05) is 23.7 Å². The Morgan fingerprint density at radius 2 is 1.83 bits per heavy atom. The van der Waals surface area contributed by atoms with Gasteiger partial charge in [0.25, 0.3) is 0 Å². The van der Waals surface area contributed by atoms with Crippen LogP contribution in [-0.4, -0.2) is 44.7 Å². The number of nitrogens with one attached hydrogen (secondary N) is 4. The Kier molecular flexibility index (Phi) is 9.46. The van der Waals surface area contributed by atoms with Crippen LogP contribution in [0.1, 0.15) is 56.3 Å². The molecule has 3 heterocycles. The fourth-order valence-electron chi connectivity index (χ4n) is 6.23. The Morgan fingerprint density at radius 1 is 1.09 bits per heavy atom. The Hall–Kier alpha value is -4.11. The van der Waals surface area contributed by atoms with Crippen molar-refractivity contribution in [1.29, 1.82) is 5.26 Å². The molecule has 12 heteroatoms. The number of pyridine rings is 1. The smallest absolute Gasteiger partial charge is 0.141 e. The van der Waals surface area contributed by atoms with Crippen LogP contribution in [0.5, 0.6) is 0 Å². The largest absolute Gasteiger partial charge is 0.392 e. The summed E-state index contributed by atoms with van der Waals surface area (Å²) in [4.78, 5) is 6.98. The zero-order chi connectivity index (χ0) is 33.3. The quantitative estimate of drug-likeness (QED) is 0.131. The second kappa shape index (κ2) is 13.6. The van der Waals surface area contributed by atoms with E-state index < -0.39 is 11.9 Å². The third-order valence-electron chi connectivity index (χ3n) is 8.81. The molecule has 2 aliphatic heterocycles. The summed E-state index contributed by atoms with van der Waals surface area (Å²) in [6, 6.07) is 17.8. The molecule has 47 heavy (non-hydrogen) atoms. The van der Waals surface area contributed by atoms with E-state index in [1.807, 2.05) is 30.3 Å². The second-order valence-electron chi connectivity index (χ2n) is 12.8. The third kappa shape index (κ3) is 6.96. The summed E-state index contributed by atoms with van der Waals surface area (Å²) in [5, 5.41) is 30.2. The molecule has 5 N–H and O–H groups in total. The van der Waals surface area contributed by atoms with Crippen molar-refractivity contribution in [3.63, 3.8) is 0 Å². The normalized spacial score (nSPS) is 16.5. The van der Waals surface area contributed by atoms with Gasteiger partial charge in [0.05, 0.1) is 45.2 Å². The second-order valence-corrected chi connectivity index (χ2v) is 13.6. The number of nitriles is 1. The highest BCUT2D eigenvalue weighted by atomic mass is 35.5. The van der Waals surface area contributed by atoms with E-state index in [0.29, 0.717) is 39.0 Å². The maximum atomic E-state index is 13.9. The Morgan fingerprint density at radius 3 is 2.53 bits per heavy atom. The standard InChI is InChI=1S/C35H37Cl2FN8O/c1-35(2,3)45-12-10-25(11-13-45)46-19-31(43-44-46)34(26-7-5-4-6-21(26)20-47)42-24-14-27-32(41-23-8-9-30(38)28(36)15-23)22(17-39)18-40-33(27)29(37)16-24/h4-9,14-16,18-19,25,34,42-44,47H,10-13,20H2,1-3H3,(H,40,41)/t34-/m0/s1. The number of nitrogens with zero attached hydrogens (tertiary/aromatic N) is 4. The number of rotatable bonds is 8. The van der Waals surface area contributed by atoms with Gasteiger partial charge in [0, 0.05) is 53.8 Å². The van der Waals surface area contributed by atoms with Crippen molar-refractivity contribution in [1.82, 2.24) is 25.9 Å². The van der Waals surface area contributed by atoms with Gasteiger partial charge in [-0.3, -0.25) is 14.9 Å². The minimum absolute atomic E-state index is 0.0441. The monoisotopic (exact) mass is 674 g/mol. The molecule has 0 saturated carbocycles. The molecule has 4 aromatic rings. The summed E-state index contributed by atoms with van der Waals surface area (Å²) in [6.07, 6.45) is 5.58. The van der Waals surface area contributed by atoms with Crippen LogP contribution in [0.2, 0.25) is 10.0 Å². The van der Waals surface area contributed by atoms with E-state index in [1.54, 1.807) is 12.1 Å². The van der Waals surface area contributed by atoms with Crippen molar-refractivity contribution in [3.05, 3.63) is 105 Å². The molecular weight excluding hydrogens is 638 g/mol. The van der Waals surface area contributed by atoms with E-state index >= 15 is 0 Å². The average Bonchev–Trinajstić information content (AvgIpc) is 3.55. The van der Waals surface area contributed by atoms with Gasteiger partial charge in [-0.1, -0.05) is 47.5 Å². The van der Waals surface area contributed by atoms with E-state index in [9.17, 15) is 14.8 Å². The number of hydrazine groups is 2. The Labute approximate surface area is 283 Å². The zero-order valence-electron chi connectivity index (χ0n) is 26.4. The summed E-state index contributed by atoms with van der Waals surface area (Å²) in [6.45, 7) is 8.65. The molecule has 1 fully saturated rings. The van der Waals surface area contributed by atoms with Gasteiger partial charge in [-0.25, -0.2) is 4.39 Å². The maximum Gasteiger partial charge on any atom is 0.141 e. The van der Waals surface area contributed by atoms with Crippen LogP contribution < -0.4 is 21.6 Å². The van der Waals surface area contributed by atoms with Crippen molar-refractivity contribution < 1.29 is 9.50 Å². The van der Waals surface area contributed by atoms with Crippen LogP contribution in [-0.2, 0) is 6.61 Å². The minimum Gasteiger partial charge on any atom is -0.392 e. The zero-order valence-corrected chi connectivity index (χ0v) is 27.9. The summed E-state index contributed by atoms with van der Waals surface area (Å²) < 4.78 is 13.9. The van der Waals surface area contributed by atoms with Gasteiger partial charge in [-0.05, 0) is 75.1 Å².